The van der Waals surface area contributed by atoms with Crippen LogP contribution in [-0.2, 0) is 24.0 Å². The van der Waals surface area contributed by atoms with Crippen LogP contribution < -0.4 is 0 Å². The summed E-state index contributed by atoms with van der Waals surface area (Å²) in [6.45, 7) is 1.23. The second-order valence-electron chi connectivity index (χ2n) is 7.18. The van der Waals surface area contributed by atoms with Crippen LogP contribution in [0.25, 0.3) is 0 Å². The maximum atomic E-state index is 11.9. The Kier molecular flexibility index (Phi) is 8.45. The van der Waals surface area contributed by atoms with Crippen molar-refractivity contribution in [2.24, 2.45) is 0 Å². The van der Waals surface area contributed by atoms with Crippen LogP contribution in [0.5, 0.6) is 0 Å². The topological polar surface area (TPSA) is 159 Å². The van der Waals surface area contributed by atoms with Gasteiger partial charge < -0.3 is 15.3 Å². The molecule has 2 aliphatic rings. The van der Waals surface area contributed by atoms with Gasteiger partial charge in [0.15, 0.2) is 0 Å². The molecule has 0 radical (unpaired) electrons. The molecule has 2 heterocycles. The molecule has 0 aromatic carbocycles. The fourth-order valence-corrected chi connectivity index (χ4v) is 3.53. The van der Waals surface area contributed by atoms with E-state index >= 15 is 0 Å². The minimum atomic E-state index is -1.13. The summed E-state index contributed by atoms with van der Waals surface area (Å²) >= 11 is 0. The van der Waals surface area contributed by atoms with Crippen LogP contribution in [0.15, 0.2) is 12.2 Å². The average molecular weight is 426 g/mol. The molecule has 12 heteroatoms. The van der Waals surface area contributed by atoms with Crippen LogP contribution in [0.2, 0.25) is 0 Å². The summed E-state index contributed by atoms with van der Waals surface area (Å²) in [5, 5.41) is 27.9. The molecule has 3 N–H and O–H groups in total. The molecular weight excluding hydrogens is 400 g/mol. The first-order chi connectivity index (χ1) is 14.2. The minimum Gasteiger partial charge on any atom is -0.480 e. The van der Waals surface area contributed by atoms with Crippen LogP contribution in [0.3, 0.4) is 0 Å². The fourth-order valence-electron chi connectivity index (χ4n) is 3.53. The maximum absolute atomic E-state index is 11.9. The number of carbonyl (C=O) groups is 5. The van der Waals surface area contributed by atoms with Crippen molar-refractivity contribution < 1.29 is 39.3 Å². The van der Waals surface area contributed by atoms with Crippen molar-refractivity contribution >= 4 is 29.7 Å². The summed E-state index contributed by atoms with van der Waals surface area (Å²) < 4.78 is 0. The van der Waals surface area contributed by atoms with E-state index in [1.807, 2.05) is 0 Å². The van der Waals surface area contributed by atoms with Crippen LogP contribution >= 0.6 is 0 Å². The first-order valence-electron chi connectivity index (χ1n) is 9.56. The Balaban J connectivity index is 2.10. The monoisotopic (exact) mass is 426 g/mol. The third kappa shape index (κ3) is 6.90. The van der Waals surface area contributed by atoms with Crippen LogP contribution in [0.1, 0.15) is 6.42 Å². The Hall–Kier alpha value is -2.83. The van der Waals surface area contributed by atoms with Crippen molar-refractivity contribution in [3.63, 3.8) is 0 Å². The summed E-state index contributed by atoms with van der Waals surface area (Å²) in [5.41, 5.74) is 0. The molecule has 2 rings (SSSR count). The minimum absolute atomic E-state index is 0.00630. The third-order valence-corrected chi connectivity index (χ3v) is 5.11. The highest BCUT2D eigenvalue weighted by Gasteiger charge is 2.31. The second-order valence-corrected chi connectivity index (χ2v) is 7.18. The summed E-state index contributed by atoms with van der Waals surface area (Å²) in [4.78, 5) is 63.4. The summed E-state index contributed by atoms with van der Waals surface area (Å²) in [6.07, 6.45) is 2.27. The number of carboxylic acid groups (broad SMARTS) is 3. The number of hydrogen-bond donors (Lipinski definition) is 3. The van der Waals surface area contributed by atoms with Crippen molar-refractivity contribution in [3.8, 4) is 0 Å². The van der Waals surface area contributed by atoms with E-state index in [2.05, 4.69) is 0 Å². The molecule has 2 aliphatic heterocycles. The molecule has 166 valence electrons. The number of rotatable bonds is 9. The van der Waals surface area contributed by atoms with Gasteiger partial charge in [-0.05, 0) is 6.42 Å². The highest BCUT2D eigenvalue weighted by molar-refractivity contribution is 6.12. The molecule has 0 unspecified atom stereocenters. The van der Waals surface area contributed by atoms with Crippen molar-refractivity contribution in [2.45, 2.75) is 12.5 Å². The maximum Gasteiger partial charge on any atom is 0.320 e. The van der Waals surface area contributed by atoms with E-state index in [4.69, 9.17) is 10.2 Å². The van der Waals surface area contributed by atoms with Crippen molar-refractivity contribution in [2.75, 3.05) is 58.9 Å². The van der Waals surface area contributed by atoms with Gasteiger partial charge in [-0.1, -0.05) is 0 Å². The van der Waals surface area contributed by atoms with Gasteiger partial charge in [0.05, 0.1) is 13.1 Å². The lowest BCUT2D eigenvalue weighted by molar-refractivity contribution is -0.146. The molecule has 30 heavy (non-hydrogen) atoms. The van der Waals surface area contributed by atoms with Crippen LogP contribution in [0.4, 0.5) is 0 Å². The van der Waals surface area contributed by atoms with E-state index in [0.717, 1.165) is 17.1 Å². The number of imide groups is 1. The zero-order valence-electron chi connectivity index (χ0n) is 16.5. The average Bonchev–Trinajstić information content (AvgIpc) is 3.00. The highest BCUT2D eigenvalue weighted by atomic mass is 16.4. The Bertz CT molecular complexity index is 679. The Morgan fingerprint density at radius 1 is 0.800 bits per heavy atom. The molecule has 0 spiro atoms. The zero-order chi connectivity index (χ0) is 22.3. The predicted octanol–water partition coefficient (Wildman–Crippen LogP) is -2.16. The van der Waals surface area contributed by atoms with Gasteiger partial charge in [0.2, 0.25) is 0 Å². The molecule has 12 nitrogen and oxygen atoms in total. The SMILES string of the molecule is O=C(O)CN1CCN(CC(=O)O)CCN([C@@H](CCN2C(=O)C=CC2=O)C(=O)O)CC1. The Labute approximate surface area is 172 Å². The lowest BCUT2D eigenvalue weighted by atomic mass is 10.1. The summed E-state index contributed by atoms with van der Waals surface area (Å²) in [7, 11) is 0. The number of carboxylic acids is 3. The van der Waals surface area contributed by atoms with Gasteiger partial charge in [0, 0.05) is 58.0 Å². The fraction of sp³-hybridized carbons (Fsp3) is 0.611. The molecule has 1 fully saturated rings. The van der Waals surface area contributed by atoms with Gasteiger partial charge in [-0.3, -0.25) is 43.6 Å². The van der Waals surface area contributed by atoms with Gasteiger partial charge in [0.1, 0.15) is 6.04 Å². The van der Waals surface area contributed by atoms with Gasteiger partial charge in [0.25, 0.3) is 11.8 Å². The molecule has 0 bridgehead atoms. The van der Waals surface area contributed by atoms with E-state index in [1.54, 1.807) is 14.7 Å². The molecule has 2 amide bonds. The molecule has 0 aromatic rings. The number of nitrogens with zero attached hydrogens (tertiary/aromatic N) is 4. The predicted molar refractivity (Wildman–Crippen MR) is 102 cm³/mol. The summed E-state index contributed by atoms with van der Waals surface area (Å²) in [6, 6.07) is -1.01. The van der Waals surface area contributed by atoms with E-state index < -0.39 is 35.8 Å². The van der Waals surface area contributed by atoms with Gasteiger partial charge >= 0.3 is 17.9 Å². The smallest absolute Gasteiger partial charge is 0.320 e. The number of hydrogen-bond acceptors (Lipinski definition) is 8. The van der Waals surface area contributed by atoms with Crippen LogP contribution in [0, 0.1) is 0 Å². The lowest BCUT2D eigenvalue weighted by Crippen LogP contribution is -2.48. The first-order valence-corrected chi connectivity index (χ1v) is 9.56. The number of amides is 2. The molecule has 0 saturated carbocycles. The van der Waals surface area contributed by atoms with E-state index in [-0.39, 0.29) is 39.1 Å². The molecule has 1 atom stereocenters. The quantitative estimate of drug-likeness (QED) is 0.345. The first kappa shape index (κ1) is 23.4. The zero-order valence-corrected chi connectivity index (χ0v) is 16.5. The van der Waals surface area contributed by atoms with E-state index in [0.29, 0.717) is 26.2 Å². The largest absolute Gasteiger partial charge is 0.480 e. The van der Waals surface area contributed by atoms with Gasteiger partial charge in [-0.15, -0.1) is 0 Å². The van der Waals surface area contributed by atoms with Crippen molar-refractivity contribution in [1.82, 2.24) is 19.6 Å². The van der Waals surface area contributed by atoms with E-state index in [9.17, 15) is 29.1 Å². The molecule has 0 aliphatic carbocycles. The molecule has 1 saturated heterocycles. The normalized spacial score (nSPS) is 20.6. The van der Waals surface area contributed by atoms with Crippen LogP contribution in [-0.4, -0.2) is 130 Å². The Morgan fingerprint density at radius 2 is 1.23 bits per heavy atom. The van der Waals surface area contributed by atoms with Gasteiger partial charge in [-0.25, -0.2) is 0 Å². The highest BCUT2D eigenvalue weighted by Crippen LogP contribution is 2.12. The number of carbonyl (C=O) groups excluding carboxylic acids is 2. The molecule has 0 aromatic heterocycles. The standard InChI is InChI=1S/C18H26N4O8/c23-14-1-2-15(24)22(14)4-3-13(18(29)30)21-9-7-19(11-16(25)26)5-6-20(8-10-21)12-17(27)28/h1-2,13H,3-12H2,(H,25,26)(H,27,28)(H,29,30)/t13-/m0/s1. The van der Waals surface area contributed by atoms with Crippen molar-refractivity contribution in [3.05, 3.63) is 12.2 Å². The lowest BCUT2D eigenvalue weighted by Gasteiger charge is -2.31. The van der Waals surface area contributed by atoms with E-state index in [1.165, 1.54) is 0 Å². The molecular formula is C18H26N4O8. The number of aliphatic carboxylic acids is 3. The third-order valence-electron chi connectivity index (χ3n) is 5.11. The van der Waals surface area contributed by atoms with Crippen molar-refractivity contribution in [1.29, 1.82) is 0 Å². The summed E-state index contributed by atoms with van der Waals surface area (Å²) in [5.74, 6) is -4.17. The Morgan fingerprint density at radius 3 is 1.63 bits per heavy atom. The second kappa shape index (κ2) is 10.8. The van der Waals surface area contributed by atoms with Gasteiger partial charge in [-0.2, -0.15) is 0 Å².